The summed E-state index contributed by atoms with van der Waals surface area (Å²) < 4.78 is 5.91. The van der Waals surface area contributed by atoms with Crippen molar-refractivity contribution >= 4 is 36.6 Å². The van der Waals surface area contributed by atoms with Crippen molar-refractivity contribution in [1.82, 2.24) is 20.4 Å². The maximum Gasteiger partial charge on any atom is 0.475 e. The molecule has 2 aromatic carbocycles. The molecule has 45 heavy (non-hydrogen) atoms. The molecule has 3 heterocycles. The van der Waals surface area contributed by atoms with Crippen LogP contribution in [0.5, 0.6) is 0 Å². The Hall–Kier alpha value is -3.12. The van der Waals surface area contributed by atoms with Gasteiger partial charge in [-0.25, -0.2) is 4.79 Å². The average Bonchev–Trinajstić information content (AvgIpc) is 3.65. The topological polar surface area (TPSA) is 131 Å². The number of amides is 3. The molecule has 10 nitrogen and oxygen atoms in total. The van der Waals surface area contributed by atoms with Gasteiger partial charge in [0, 0.05) is 31.1 Å². The molecule has 5 rings (SSSR count). The summed E-state index contributed by atoms with van der Waals surface area (Å²) in [6.45, 7) is 1.39. The van der Waals surface area contributed by atoms with Crippen LogP contribution in [0.1, 0.15) is 80.9 Å². The minimum absolute atomic E-state index is 0.0745. The predicted octanol–water partition coefficient (Wildman–Crippen LogP) is 3.94. The number of nitrogens with one attached hydrogen (secondary N) is 2. The van der Waals surface area contributed by atoms with E-state index < -0.39 is 43.2 Å². The van der Waals surface area contributed by atoms with E-state index in [1.807, 2.05) is 42.5 Å². The van der Waals surface area contributed by atoms with Gasteiger partial charge in [0.15, 0.2) is 0 Å². The summed E-state index contributed by atoms with van der Waals surface area (Å²) in [4.78, 5) is 44.3. The molecule has 242 valence electrons. The van der Waals surface area contributed by atoms with Gasteiger partial charge in [-0.3, -0.25) is 14.5 Å². The first-order chi connectivity index (χ1) is 21.8. The number of fused-ring (bicyclic) bond motifs is 2. The van der Waals surface area contributed by atoms with E-state index >= 15 is 0 Å². The normalized spacial score (nSPS) is 25.0. The van der Waals surface area contributed by atoms with Crippen molar-refractivity contribution in [2.24, 2.45) is 0 Å². The van der Waals surface area contributed by atoms with Gasteiger partial charge >= 0.3 is 13.2 Å². The highest BCUT2D eigenvalue weighted by Gasteiger charge is 2.44. The van der Waals surface area contributed by atoms with E-state index in [4.69, 9.17) is 16.3 Å². The van der Waals surface area contributed by atoms with Crippen molar-refractivity contribution in [3.8, 4) is 0 Å². The van der Waals surface area contributed by atoms with E-state index in [9.17, 15) is 24.4 Å². The van der Waals surface area contributed by atoms with E-state index in [2.05, 4.69) is 10.6 Å². The monoisotopic (exact) mass is 638 g/mol. The highest BCUT2D eigenvalue weighted by molar-refractivity contribution is 6.43. The van der Waals surface area contributed by atoms with E-state index in [0.29, 0.717) is 37.5 Å². The summed E-state index contributed by atoms with van der Waals surface area (Å²) in [6.07, 6.45) is 6.66. The Labute approximate surface area is 270 Å². The van der Waals surface area contributed by atoms with Crippen molar-refractivity contribution in [3.05, 3.63) is 70.2 Å². The molecule has 3 amide bonds. The summed E-state index contributed by atoms with van der Waals surface area (Å²) >= 11 is 6.20. The molecule has 12 heteroatoms. The van der Waals surface area contributed by atoms with Gasteiger partial charge in [0.05, 0.1) is 18.5 Å². The van der Waals surface area contributed by atoms with Crippen LogP contribution >= 0.6 is 11.6 Å². The minimum Gasteiger partial charge on any atom is -0.444 e. The Morgan fingerprint density at radius 3 is 2.29 bits per heavy atom. The zero-order valence-electron chi connectivity index (χ0n) is 25.7. The molecule has 2 aromatic rings. The second-order valence-corrected chi connectivity index (χ2v) is 13.0. The van der Waals surface area contributed by atoms with Crippen LogP contribution in [0, 0.1) is 0 Å². The Bertz CT molecular complexity index is 1310. The zero-order valence-corrected chi connectivity index (χ0v) is 26.5. The molecule has 0 spiro atoms. The van der Waals surface area contributed by atoms with Crippen molar-refractivity contribution in [1.29, 1.82) is 0 Å². The van der Waals surface area contributed by atoms with Crippen molar-refractivity contribution in [3.63, 3.8) is 0 Å². The van der Waals surface area contributed by atoms with E-state index in [-0.39, 0.29) is 18.9 Å². The number of nitrogens with zero attached hydrogens (tertiary/aromatic N) is 2. The molecule has 0 saturated carbocycles. The summed E-state index contributed by atoms with van der Waals surface area (Å²) in [5.74, 6) is -1.57. The van der Waals surface area contributed by atoms with Gasteiger partial charge in [-0.1, -0.05) is 92.9 Å². The lowest BCUT2D eigenvalue weighted by Gasteiger charge is -2.30. The lowest BCUT2D eigenvalue weighted by Crippen LogP contribution is -2.56. The molecule has 0 aliphatic carbocycles. The number of carbonyl (C=O) groups excluding carboxylic acids is 3. The zero-order chi connectivity index (χ0) is 31.8. The van der Waals surface area contributed by atoms with Crippen LogP contribution < -0.4 is 10.6 Å². The fourth-order valence-corrected chi connectivity index (χ4v) is 6.84. The van der Waals surface area contributed by atoms with Crippen LogP contribution in [0.25, 0.3) is 0 Å². The maximum atomic E-state index is 14.2. The number of benzene rings is 2. The Morgan fingerprint density at radius 2 is 1.62 bits per heavy atom. The Balaban J connectivity index is 1.33. The molecular formula is C33H44BClN4O6. The van der Waals surface area contributed by atoms with Gasteiger partial charge in [-0.15, -0.1) is 0 Å². The maximum absolute atomic E-state index is 14.2. The minimum atomic E-state index is -1.73. The number of carbonyl (C=O) groups is 3. The van der Waals surface area contributed by atoms with Gasteiger partial charge in [0.25, 0.3) is 0 Å². The van der Waals surface area contributed by atoms with Crippen molar-refractivity contribution in [2.45, 2.75) is 108 Å². The lowest BCUT2D eigenvalue weighted by molar-refractivity contribution is -0.140. The SMILES string of the molecule is O=C1N[C@H](B(O)O)CCCCCCCCC[C@H](NCc2cccc(Cl)c2)C(=O)N2C[C@H](OC(=O)N3Cc4ccccc4C3)C[C@@H]12. The number of halogens is 1. The summed E-state index contributed by atoms with van der Waals surface area (Å²) in [7, 11) is -1.73. The van der Waals surface area contributed by atoms with Gasteiger partial charge in [-0.05, 0) is 41.7 Å². The number of hydrogen-bond donors (Lipinski definition) is 4. The molecule has 2 fully saturated rings. The Kier molecular flexibility index (Phi) is 11.8. The van der Waals surface area contributed by atoms with Crippen LogP contribution in [0.4, 0.5) is 4.79 Å². The molecule has 0 aromatic heterocycles. The smallest absolute Gasteiger partial charge is 0.444 e. The summed E-state index contributed by atoms with van der Waals surface area (Å²) in [5, 5.41) is 26.9. The first-order valence-electron chi connectivity index (χ1n) is 16.3. The third-order valence-corrected chi connectivity index (χ3v) is 9.39. The molecule has 0 unspecified atom stereocenters. The third-order valence-electron chi connectivity index (χ3n) is 9.15. The molecule has 4 N–H and O–H groups in total. The van der Waals surface area contributed by atoms with Gasteiger partial charge in [0.2, 0.25) is 11.8 Å². The molecule has 4 atom stereocenters. The average molecular weight is 639 g/mol. The van der Waals surface area contributed by atoms with Gasteiger partial charge < -0.3 is 30.3 Å². The number of hydrogen-bond acceptors (Lipinski definition) is 7. The first-order valence-corrected chi connectivity index (χ1v) is 16.6. The second kappa shape index (κ2) is 15.9. The second-order valence-electron chi connectivity index (χ2n) is 12.5. The van der Waals surface area contributed by atoms with E-state index in [1.165, 1.54) is 4.90 Å². The Morgan fingerprint density at radius 1 is 0.956 bits per heavy atom. The van der Waals surface area contributed by atoms with Crippen molar-refractivity contribution in [2.75, 3.05) is 6.54 Å². The molecule has 0 bridgehead atoms. The van der Waals surface area contributed by atoms with Crippen LogP contribution in [0.15, 0.2) is 48.5 Å². The van der Waals surface area contributed by atoms with E-state index in [0.717, 1.165) is 61.6 Å². The number of rotatable bonds is 5. The van der Waals surface area contributed by atoms with Crippen LogP contribution in [0.2, 0.25) is 5.02 Å². The highest BCUT2D eigenvalue weighted by atomic mass is 35.5. The van der Waals surface area contributed by atoms with Crippen LogP contribution in [-0.2, 0) is 34.0 Å². The lowest BCUT2D eigenvalue weighted by atomic mass is 9.76. The third kappa shape index (κ3) is 9.00. The predicted molar refractivity (Wildman–Crippen MR) is 172 cm³/mol. The van der Waals surface area contributed by atoms with Gasteiger partial charge in [0.1, 0.15) is 12.1 Å². The molecule has 2 saturated heterocycles. The van der Waals surface area contributed by atoms with Crippen LogP contribution in [0.3, 0.4) is 0 Å². The largest absolute Gasteiger partial charge is 0.475 e. The first kappa shape index (κ1) is 33.3. The molecular weight excluding hydrogens is 595 g/mol. The van der Waals surface area contributed by atoms with Crippen LogP contribution in [-0.4, -0.2) is 75.5 Å². The summed E-state index contributed by atoms with van der Waals surface area (Å²) in [5.41, 5.74) is 3.08. The van der Waals surface area contributed by atoms with Crippen molar-refractivity contribution < 1.29 is 29.2 Å². The van der Waals surface area contributed by atoms with Gasteiger partial charge in [-0.2, -0.15) is 0 Å². The fourth-order valence-electron chi connectivity index (χ4n) is 6.63. The highest BCUT2D eigenvalue weighted by Crippen LogP contribution is 2.27. The van der Waals surface area contributed by atoms with E-state index in [1.54, 1.807) is 11.0 Å². The fraction of sp³-hybridized carbons (Fsp3) is 0.545. The number of ether oxygens (including phenoxy) is 1. The molecule has 3 aliphatic rings. The molecule has 3 aliphatic heterocycles. The summed E-state index contributed by atoms with van der Waals surface area (Å²) in [6, 6.07) is 13.8. The molecule has 0 radical (unpaired) electrons. The standard InChI is InChI=1S/C33H44BClN4O6/c35-26-14-10-11-23(17-26)19-36-28-15-6-4-2-1-3-5-7-16-30(34(43)44)37-31(40)29-18-27(22-39(29)32(28)41)45-33(42)38-20-24-12-8-9-13-25(24)21-38/h8-14,17,27-30,36,43-44H,1-7,15-16,18-22H2,(H,37,40)/t27-,28+,29+,30+/m1/s1. The quantitative estimate of drug-likeness (QED) is 0.365.